The molecular formula is C19H21NO3S. The molecule has 0 spiro atoms. The highest BCUT2D eigenvalue weighted by Gasteiger charge is 2.16. The van der Waals surface area contributed by atoms with Crippen molar-refractivity contribution >= 4 is 29.1 Å². The van der Waals surface area contributed by atoms with E-state index >= 15 is 0 Å². The molecule has 2 aromatic rings. The van der Waals surface area contributed by atoms with E-state index in [0.717, 1.165) is 5.75 Å². The number of ketones is 1. The predicted molar refractivity (Wildman–Crippen MR) is 98.9 cm³/mol. The molecule has 0 heterocycles. The summed E-state index contributed by atoms with van der Waals surface area (Å²) < 4.78 is 5.36. The number of rotatable bonds is 8. The third kappa shape index (κ3) is 5.42. The van der Waals surface area contributed by atoms with Crippen molar-refractivity contribution in [3.63, 3.8) is 0 Å². The topological polar surface area (TPSA) is 55.4 Å². The van der Waals surface area contributed by atoms with Crippen molar-refractivity contribution in [2.45, 2.75) is 19.1 Å². The van der Waals surface area contributed by atoms with Crippen LogP contribution in [-0.2, 0) is 4.79 Å². The molecule has 0 aromatic heterocycles. The van der Waals surface area contributed by atoms with Crippen LogP contribution in [-0.4, -0.2) is 29.3 Å². The molecule has 0 bridgehead atoms. The summed E-state index contributed by atoms with van der Waals surface area (Å²) in [4.78, 5) is 24.3. The second kappa shape index (κ2) is 9.13. The lowest BCUT2D eigenvalue weighted by molar-refractivity contribution is -0.113. The van der Waals surface area contributed by atoms with Gasteiger partial charge in [-0.25, -0.2) is 0 Å². The minimum atomic E-state index is -0.265. The number of carbonyl (C=O) groups is 2. The summed E-state index contributed by atoms with van der Waals surface area (Å²) in [6.07, 6.45) is 0. The van der Waals surface area contributed by atoms with Crippen molar-refractivity contribution in [3.05, 3.63) is 60.2 Å². The summed E-state index contributed by atoms with van der Waals surface area (Å²) in [5, 5.41) is 2.55. The van der Waals surface area contributed by atoms with E-state index in [1.165, 1.54) is 11.8 Å². The average molecular weight is 343 g/mol. The van der Waals surface area contributed by atoms with E-state index < -0.39 is 0 Å². The maximum Gasteiger partial charge on any atom is 0.234 e. The summed E-state index contributed by atoms with van der Waals surface area (Å²) in [7, 11) is 0. The maximum absolute atomic E-state index is 12.2. The van der Waals surface area contributed by atoms with Crippen LogP contribution in [0.3, 0.4) is 0 Å². The van der Waals surface area contributed by atoms with Gasteiger partial charge in [-0.05, 0) is 38.1 Å². The molecule has 0 radical (unpaired) electrons. The second-order valence-electron chi connectivity index (χ2n) is 5.19. The molecule has 0 saturated heterocycles. The molecule has 1 amide bonds. The summed E-state index contributed by atoms with van der Waals surface area (Å²) in [5.41, 5.74) is 1.38. The zero-order chi connectivity index (χ0) is 17.4. The fourth-order valence-corrected chi connectivity index (χ4v) is 2.87. The van der Waals surface area contributed by atoms with Gasteiger partial charge < -0.3 is 10.1 Å². The Morgan fingerprint density at radius 2 is 1.75 bits per heavy atom. The molecule has 0 aliphatic carbocycles. The van der Waals surface area contributed by atoms with Crippen molar-refractivity contribution in [1.82, 2.24) is 0 Å². The average Bonchev–Trinajstić information content (AvgIpc) is 2.61. The first-order valence-electron chi connectivity index (χ1n) is 7.83. The predicted octanol–water partition coefficient (Wildman–Crippen LogP) is 4.03. The van der Waals surface area contributed by atoms with Gasteiger partial charge >= 0.3 is 0 Å². The molecule has 126 valence electrons. The molecule has 0 fully saturated rings. The van der Waals surface area contributed by atoms with Crippen LogP contribution in [0, 0.1) is 0 Å². The molecule has 24 heavy (non-hydrogen) atoms. The van der Waals surface area contributed by atoms with Gasteiger partial charge in [0, 0.05) is 11.3 Å². The SMILES string of the molecule is CCOc1ccc(NC(=O)CSC(C)C(=O)c2ccccc2)cc1. The number of ether oxygens (including phenoxy) is 1. The minimum absolute atomic E-state index is 0.0365. The quantitative estimate of drug-likeness (QED) is 0.735. The molecule has 0 saturated carbocycles. The van der Waals surface area contributed by atoms with E-state index in [9.17, 15) is 9.59 Å². The van der Waals surface area contributed by atoms with Gasteiger partial charge in [0.2, 0.25) is 5.91 Å². The van der Waals surface area contributed by atoms with Gasteiger partial charge in [-0.1, -0.05) is 30.3 Å². The number of hydrogen-bond donors (Lipinski definition) is 1. The van der Waals surface area contributed by atoms with Crippen LogP contribution in [0.25, 0.3) is 0 Å². The van der Waals surface area contributed by atoms with Crippen LogP contribution < -0.4 is 10.1 Å². The van der Waals surface area contributed by atoms with E-state index in [1.807, 2.05) is 44.2 Å². The largest absolute Gasteiger partial charge is 0.494 e. The van der Waals surface area contributed by atoms with E-state index in [2.05, 4.69) is 5.32 Å². The highest BCUT2D eigenvalue weighted by Crippen LogP contribution is 2.18. The second-order valence-corrected chi connectivity index (χ2v) is 6.52. The monoisotopic (exact) mass is 343 g/mol. The number of carbonyl (C=O) groups excluding carboxylic acids is 2. The maximum atomic E-state index is 12.2. The Kier molecular flexibility index (Phi) is 6.88. The minimum Gasteiger partial charge on any atom is -0.494 e. The van der Waals surface area contributed by atoms with Crippen molar-refractivity contribution < 1.29 is 14.3 Å². The van der Waals surface area contributed by atoms with Crippen LogP contribution in [0.4, 0.5) is 5.69 Å². The third-order valence-corrected chi connectivity index (χ3v) is 4.48. The van der Waals surface area contributed by atoms with E-state index in [0.29, 0.717) is 17.9 Å². The van der Waals surface area contributed by atoms with Crippen LogP contribution in [0.15, 0.2) is 54.6 Å². The number of hydrogen-bond acceptors (Lipinski definition) is 4. The molecule has 0 aliphatic heterocycles. The van der Waals surface area contributed by atoms with E-state index in [-0.39, 0.29) is 22.7 Å². The van der Waals surface area contributed by atoms with Crippen LogP contribution >= 0.6 is 11.8 Å². The van der Waals surface area contributed by atoms with Crippen molar-refractivity contribution in [3.8, 4) is 5.75 Å². The summed E-state index contributed by atoms with van der Waals surface area (Å²) >= 11 is 1.33. The van der Waals surface area contributed by atoms with E-state index in [1.54, 1.807) is 24.3 Å². The van der Waals surface area contributed by atoms with Crippen LogP contribution in [0.5, 0.6) is 5.75 Å². The normalized spacial score (nSPS) is 11.6. The molecule has 0 aliphatic rings. The molecule has 1 N–H and O–H groups in total. The van der Waals surface area contributed by atoms with Gasteiger partial charge in [0.15, 0.2) is 5.78 Å². The summed E-state index contributed by atoms with van der Waals surface area (Å²) in [6.45, 7) is 4.35. The van der Waals surface area contributed by atoms with Gasteiger partial charge in [0.05, 0.1) is 17.6 Å². The Hall–Kier alpha value is -2.27. The first kappa shape index (κ1) is 18.1. The number of amides is 1. The zero-order valence-electron chi connectivity index (χ0n) is 13.8. The van der Waals surface area contributed by atoms with Crippen molar-refractivity contribution in [2.75, 3.05) is 17.7 Å². The summed E-state index contributed by atoms with van der Waals surface area (Å²) in [5.74, 6) is 0.908. The van der Waals surface area contributed by atoms with Crippen LogP contribution in [0.1, 0.15) is 24.2 Å². The third-order valence-electron chi connectivity index (χ3n) is 3.34. The van der Waals surface area contributed by atoms with Crippen molar-refractivity contribution in [2.24, 2.45) is 0 Å². The zero-order valence-corrected chi connectivity index (χ0v) is 14.6. The van der Waals surface area contributed by atoms with Gasteiger partial charge in [-0.3, -0.25) is 9.59 Å². The fourth-order valence-electron chi connectivity index (χ4n) is 2.11. The van der Waals surface area contributed by atoms with Crippen LogP contribution in [0.2, 0.25) is 0 Å². The Labute approximate surface area is 146 Å². The lowest BCUT2D eigenvalue weighted by atomic mass is 10.1. The molecule has 2 aromatic carbocycles. The van der Waals surface area contributed by atoms with Gasteiger partial charge in [-0.15, -0.1) is 11.8 Å². The van der Waals surface area contributed by atoms with Gasteiger partial charge in [0.1, 0.15) is 5.75 Å². The first-order valence-corrected chi connectivity index (χ1v) is 8.88. The van der Waals surface area contributed by atoms with Gasteiger partial charge in [-0.2, -0.15) is 0 Å². The fraction of sp³-hybridized carbons (Fsp3) is 0.263. The molecule has 1 unspecified atom stereocenters. The number of anilines is 1. The lowest BCUT2D eigenvalue weighted by Crippen LogP contribution is -2.19. The smallest absolute Gasteiger partial charge is 0.234 e. The Bertz CT molecular complexity index is 671. The van der Waals surface area contributed by atoms with Gasteiger partial charge in [0.25, 0.3) is 0 Å². The highest BCUT2D eigenvalue weighted by molar-refractivity contribution is 8.01. The number of thioether (sulfide) groups is 1. The lowest BCUT2D eigenvalue weighted by Gasteiger charge is -2.11. The first-order chi connectivity index (χ1) is 11.6. The Morgan fingerprint density at radius 1 is 1.08 bits per heavy atom. The number of nitrogens with one attached hydrogen (secondary N) is 1. The van der Waals surface area contributed by atoms with E-state index in [4.69, 9.17) is 4.74 Å². The number of benzene rings is 2. The molecule has 4 nitrogen and oxygen atoms in total. The standard InChI is InChI=1S/C19H21NO3S/c1-3-23-17-11-9-16(10-12-17)20-18(21)13-24-14(2)19(22)15-7-5-4-6-8-15/h4-12,14H,3,13H2,1-2H3,(H,20,21). The Balaban J connectivity index is 1.81. The molecule has 2 rings (SSSR count). The highest BCUT2D eigenvalue weighted by atomic mass is 32.2. The molecule has 5 heteroatoms. The Morgan fingerprint density at radius 3 is 2.38 bits per heavy atom. The summed E-state index contributed by atoms with van der Waals surface area (Å²) in [6, 6.07) is 16.4. The molecule has 1 atom stereocenters. The van der Waals surface area contributed by atoms with Crippen molar-refractivity contribution in [1.29, 1.82) is 0 Å². The number of Topliss-reactive ketones (excluding diaryl/α,β-unsaturated/α-hetero) is 1. The molecular weight excluding hydrogens is 322 g/mol.